The Labute approximate surface area is 80.8 Å². The number of pyridine rings is 1. The summed E-state index contributed by atoms with van der Waals surface area (Å²) in [6.45, 7) is 0.500. The molecule has 0 fully saturated rings. The van der Waals surface area contributed by atoms with Crippen molar-refractivity contribution >= 4 is 10.8 Å². The summed E-state index contributed by atoms with van der Waals surface area (Å²) in [7, 11) is -0.773. The van der Waals surface area contributed by atoms with Gasteiger partial charge in [0.2, 0.25) is 0 Å². The zero-order chi connectivity index (χ0) is 9.52. The molecule has 0 saturated heterocycles. The van der Waals surface area contributed by atoms with Crippen LogP contribution in [0.25, 0.3) is 0 Å². The van der Waals surface area contributed by atoms with Crippen LogP contribution in [-0.2, 0) is 17.2 Å². The molecule has 0 radical (unpaired) electrons. The van der Waals surface area contributed by atoms with Crippen LogP contribution in [0.5, 0.6) is 0 Å². The average molecular weight is 198 g/mol. The van der Waals surface area contributed by atoms with Crippen molar-refractivity contribution in [1.82, 2.24) is 4.98 Å². The van der Waals surface area contributed by atoms with Crippen molar-refractivity contribution in [2.75, 3.05) is 18.1 Å². The number of aromatic nitrogens is 1. The molecule has 0 spiro atoms. The van der Waals surface area contributed by atoms with E-state index in [-0.39, 0.29) is 0 Å². The SMILES string of the molecule is NCCS(=O)CCc1cccnc1. The maximum Gasteiger partial charge on any atom is 0.0357 e. The molecule has 0 aliphatic carbocycles. The van der Waals surface area contributed by atoms with Gasteiger partial charge in [-0.15, -0.1) is 0 Å². The van der Waals surface area contributed by atoms with E-state index in [9.17, 15) is 4.21 Å². The lowest BCUT2D eigenvalue weighted by Gasteiger charge is -1.99. The zero-order valence-electron chi connectivity index (χ0n) is 7.48. The van der Waals surface area contributed by atoms with Crippen LogP contribution in [0.3, 0.4) is 0 Å². The molecule has 3 nitrogen and oxygen atoms in total. The highest BCUT2D eigenvalue weighted by Crippen LogP contribution is 1.98. The molecule has 1 rings (SSSR count). The highest BCUT2D eigenvalue weighted by molar-refractivity contribution is 7.85. The molecule has 1 aromatic heterocycles. The van der Waals surface area contributed by atoms with Crippen molar-refractivity contribution in [3.63, 3.8) is 0 Å². The van der Waals surface area contributed by atoms with E-state index in [0.717, 1.165) is 12.0 Å². The Hall–Kier alpha value is -0.740. The second kappa shape index (κ2) is 5.83. The Bertz CT molecular complexity index is 264. The summed E-state index contributed by atoms with van der Waals surface area (Å²) in [4.78, 5) is 3.98. The number of rotatable bonds is 5. The summed E-state index contributed by atoms with van der Waals surface area (Å²) in [6.07, 6.45) is 4.36. The Morgan fingerprint density at radius 3 is 2.92 bits per heavy atom. The first-order chi connectivity index (χ1) is 6.33. The van der Waals surface area contributed by atoms with E-state index in [2.05, 4.69) is 4.98 Å². The second-order valence-electron chi connectivity index (χ2n) is 2.75. The summed E-state index contributed by atoms with van der Waals surface area (Å²) in [5.74, 6) is 1.28. The van der Waals surface area contributed by atoms with E-state index in [1.807, 2.05) is 12.1 Å². The molecule has 72 valence electrons. The predicted octanol–water partition coefficient (Wildman–Crippen LogP) is 0.331. The molecule has 0 bridgehead atoms. The number of hydrogen-bond acceptors (Lipinski definition) is 3. The van der Waals surface area contributed by atoms with E-state index in [0.29, 0.717) is 18.1 Å². The van der Waals surface area contributed by atoms with Gasteiger partial charge in [-0.1, -0.05) is 6.07 Å². The first-order valence-corrected chi connectivity index (χ1v) is 5.75. The van der Waals surface area contributed by atoms with E-state index in [1.54, 1.807) is 12.4 Å². The van der Waals surface area contributed by atoms with Gasteiger partial charge in [-0.05, 0) is 18.1 Å². The molecule has 0 aliphatic heterocycles. The van der Waals surface area contributed by atoms with Crippen molar-refractivity contribution < 1.29 is 4.21 Å². The van der Waals surface area contributed by atoms with Gasteiger partial charge < -0.3 is 5.73 Å². The minimum absolute atomic E-state index is 0.500. The Morgan fingerprint density at radius 1 is 1.46 bits per heavy atom. The number of nitrogens with two attached hydrogens (primary N) is 1. The number of hydrogen-bond donors (Lipinski definition) is 1. The Balaban J connectivity index is 2.31. The molecule has 1 aromatic rings. The van der Waals surface area contributed by atoms with Gasteiger partial charge >= 0.3 is 0 Å². The third kappa shape index (κ3) is 4.15. The van der Waals surface area contributed by atoms with Gasteiger partial charge in [0.05, 0.1) is 0 Å². The van der Waals surface area contributed by atoms with Gasteiger partial charge in [0.25, 0.3) is 0 Å². The summed E-state index contributed by atoms with van der Waals surface area (Å²) in [6, 6.07) is 3.88. The lowest BCUT2D eigenvalue weighted by atomic mass is 10.2. The third-order valence-electron chi connectivity index (χ3n) is 1.69. The van der Waals surface area contributed by atoms with Gasteiger partial charge in [0.1, 0.15) is 0 Å². The lowest BCUT2D eigenvalue weighted by molar-refractivity contribution is 0.682. The van der Waals surface area contributed by atoms with Crippen LogP contribution in [-0.4, -0.2) is 27.2 Å². The molecular formula is C9H14N2OS. The molecule has 1 unspecified atom stereocenters. The minimum Gasteiger partial charge on any atom is -0.330 e. The second-order valence-corrected chi connectivity index (χ2v) is 4.44. The van der Waals surface area contributed by atoms with Crippen LogP contribution in [0.2, 0.25) is 0 Å². The molecule has 2 N–H and O–H groups in total. The molecule has 1 heterocycles. The normalized spacial score (nSPS) is 12.7. The van der Waals surface area contributed by atoms with Crippen LogP contribution in [0.1, 0.15) is 5.56 Å². The van der Waals surface area contributed by atoms with Crippen molar-refractivity contribution in [3.8, 4) is 0 Å². The average Bonchev–Trinajstić information content (AvgIpc) is 2.17. The van der Waals surface area contributed by atoms with E-state index in [1.165, 1.54) is 0 Å². The first-order valence-electron chi connectivity index (χ1n) is 4.27. The fraction of sp³-hybridized carbons (Fsp3) is 0.444. The van der Waals surface area contributed by atoms with Crippen LogP contribution in [0.4, 0.5) is 0 Å². The molecule has 13 heavy (non-hydrogen) atoms. The quantitative estimate of drug-likeness (QED) is 0.742. The Kier molecular flexibility index (Phi) is 4.64. The van der Waals surface area contributed by atoms with Crippen molar-refractivity contribution in [2.45, 2.75) is 6.42 Å². The van der Waals surface area contributed by atoms with Crippen LogP contribution >= 0.6 is 0 Å². The number of aryl methyl sites for hydroxylation is 1. The Morgan fingerprint density at radius 2 is 2.31 bits per heavy atom. The van der Waals surface area contributed by atoms with Gasteiger partial charge in [0, 0.05) is 41.2 Å². The van der Waals surface area contributed by atoms with Crippen molar-refractivity contribution in [1.29, 1.82) is 0 Å². The fourth-order valence-electron chi connectivity index (χ4n) is 1.01. The minimum atomic E-state index is -0.773. The third-order valence-corrected chi connectivity index (χ3v) is 3.04. The highest BCUT2D eigenvalue weighted by atomic mass is 32.2. The maximum absolute atomic E-state index is 11.2. The van der Waals surface area contributed by atoms with Crippen LogP contribution < -0.4 is 5.73 Å². The molecule has 1 atom stereocenters. The summed E-state index contributed by atoms with van der Waals surface area (Å²) >= 11 is 0. The highest BCUT2D eigenvalue weighted by Gasteiger charge is 1.98. The molecule has 0 saturated carbocycles. The van der Waals surface area contributed by atoms with Crippen molar-refractivity contribution in [3.05, 3.63) is 30.1 Å². The molecule has 4 heteroatoms. The van der Waals surface area contributed by atoms with Gasteiger partial charge in [-0.25, -0.2) is 0 Å². The van der Waals surface area contributed by atoms with Crippen LogP contribution in [0.15, 0.2) is 24.5 Å². The fourth-order valence-corrected chi connectivity index (χ4v) is 1.94. The molecule has 0 amide bonds. The zero-order valence-corrected chi connectivity index (χ0v) is 8.30. The van der Waals surface area contributed by atoms with Gasteiger partial charge in [0.15, 0.2) is 0 Å². The summed E-state index contributed by atoms with van der Waals surface area (Å²) < 4.78 is 11.2. The smallest absolute Gasteiger partial charge is 0.0357 e. The first kappa shape index (κ1) is 10.3. The monoisotopic (exact) mass is 198 g/mol. The van der Waals surface area contributed by atoms with E-state index in [4.69, 9.17) is 5.73 Å². The van der Waals surface area contributed by atoms with E-state index < -0.39 is 10.8 Å². The van der Waals surface area contributed by atoms with Gasteiger partial charge in [-0.3, -0.25) is 9.19 Å². The summed E-state index contributed by atoms with van der Waals surface area (Å²) in [5.41, 5.74) is 6.43. The summed E-state index contributed by atoms with van der Waals surface area (Å²) in [5, 5.41) is 0. The van der Waals surface area contributed by atoms with Crippen molar-refractivity contribution in [2.24, 2.45) is 5.73 Å². The largest absolute Gasteiger partial charge is 0.330 e. The standard InChI is InChI=1S/C9H14N2OS/c10-4-7-13(12)6-3-9-2-1-5-11-8-9/h1-2,5,8H,3-4,6-7,10H2. The topological polar surface area (TPSA) is 56.0 Å². The molecular weight excluding hydrogens is 184 g/mol. The maximum atomic E-state index is 11.2. The lowest BCUT2D eigenvalue weighted by Crippen LogP contribution is -2.13. The van der Waals surface area contributed by atoms with E-state index >= 15 is 0 Å². The predicted molar refractivity (Wildman–Crippen MR) is 54.9 cm³/mol. The number of nitrogens with zero attached hydrogens (tertiary/aromatic N) is 1. The van der Waals surface area contributed by atoms with Crippen LogP contribution in [0, 0.1) is 0 Å². The molecule has 0 aliphatic rings. The molecule has 0 aromatic carbocycles. The van der Waals surface area contributed by atoms with Gasteiger partial charge in [-0.2, -0.15) is 0 Å².